The van der Waals surface area contributed by atoms with E-state index in [0.717, 1.165) is 17.8 Å². The van der Waals surface area contributed by atoms with E-state index in [9.17, 15) is 0 Å². The fourth-order valence-electron chi connectivity index (χ4n) is 1.88. The summed E-state index contributed by atoms with van der Waals surface area (Å²) in [5.41, 5.74) is 7.90. The number of nitrogens with two attached hydrogens (primary N) is 1. The number of hydrogen-bond donors (Lipinski definition) is 1. The van der Waals surface area contributed by atoms with Gasteiger partial charge in [-0.3, -0.25) is 4.68 Å². The molecule has 0 aliphatic heterocycles. The van der Waals surface area contributed by atoms with E-state index in [1.807, 2.05) is 21.8 Å². The predicted octanol–water partition coefficient (Wildman–Crippen LogP) is 1.25. The maximum absolute atomic E-state index is 5.81. The van der Waals surface area contributed by atoms with Gasteiger partial charge >= 0.3 is 0 Å². The number of nitrogens with zero attached hydrogens (tertiary/aromatic N) is 5. The minimum atomic E-state index is 0.311. The molecule has 0 aliphatic rings. The Kier molecular flexibility index (Phi) is 3.12. The highest BCUT2D eigenvalue weighted by atomic mass is 15.4. The smallest absolute Gasteiger partial charge is 0.169 e. The summed E-state index contributed by atoms with van der Waals surface area (Å²) in [7, 11) is 0. The van der Waals surface area contributed by atoms with Crippen molar-refractivity contribution in [3.05, 3.63) is 23.7 Å². The predicted molar refractivity (Wildman–Crippen MR) is 65.5 cm³/mol. The maximum Gasteiger partial charge on any atom is 0.169 e. The number of aromatic nitrogens is 5. The van der Waals surface area contributed by atoms with Gasteiger partial charge in [-0.15, -0.1) is 5.10 Å². The van der Waals surface area contributed by atoms with Crippen molar-refractivity contribution < 1.29 is 0 Å². The maximum atomic E-state index is 5.81. The molecule has 0 aliphatic carbocycles. The van der Waals surface area contributed by atoms with Crippen LogP contribution in [0.25, 0.3) is 0 Å². The Hall–Kier alpha value is -1.85. The van der Waals surface area contributed by atoms with E-state index in [1.165, 1.54) is 0 Å². The molecule has 2 N–H and O–H groups in total. The van der Waals surface area contributed by atoms with Crippen LogP contribution in [-0.2, 0) is 13.1 Å². The Labute approximate surface area is 100 Å². The molecule has 0 radical (unpaired) electrons. The first-order chi connectivity index (χ1) is 8.11. The van der Waals surface area contributed by atoms with E-state index in [1.54, 1.807) is 0 Å². The fourth-order valence-corrected chi connectivity index (χ4v) is 1.88. The van der Waals surface area contributed by atoms with Crippen LogP contribution in [0.1, 0.15) is 37.9 Å². The standard InChI is InChI=1S/C11H18N6/c1-4-16-6-9(5-13-16)7-17-10(8(2)3)11(12)14-15-17/h5-6,8H,4,7,12H2,1-3H3. The summed E-state index contributed by atoms with van der Waals surface area (Å²) in [6.45, 7) is 7.76. The summed E-state index contributed by atoms with van der Waals surface area (Å²) in [4.78, 5) is 0. The van der Waals surface area contributed by atoms with Crippen molar-refractivity contribution in [1.82, 2.24) is 24.8 Å². The molecule has 6 heteroatoms. The lowest BCUT2D eigenvalue weighted by Crippen LogP contribution is -2.08. The van der Waals surface area contributed by atoms with Crippen LogP contribution in [0, 0.1) is 0 Å². The molecular weight excluding hydrogens is 216 g/mol. The highest BCUT2D eigenvalue weighted by molar-refractivity contribution is 5.35. The van der Waals surface area contributed by atoms with Gasteiger partial charge in [-0.1, -0.05) is 19.1 Å². The minimum Gasteiger partial charge on any atom is -0.381 e. The van der Waals surface area contributed by atoms with Crippen LogP contribution in [0.2, 0.25) is 0 Å². The molecule has 92 valence electrons. The number of anilines is 1. The van der Waals surface area contributed by atoms with Crippen LogP contribution in [0.15, 0.2) is 12.4 Å². The van der Waals surface area contributed by atoms with Crippen LogP contribution in [0.5, 0.6) is 0 Å². The summed E-state index contributed by atoms with van der Waals surface area (Å²) in [5, 5.41) is 12.2. The molecule has 2 aromatic heterocycles. The molecule has 0 saturated carbocycles. The van der Waals surface area contributed by atoms with Gasteiger partial charge in [0.15, 0.2) is 5.82 Å². The SMILES string of the molecule is CCn1cc(Cn2nnc(N)c2C(C)C)cn1. The average molecular weight is 234 g/mol. The zero-order valence-corrected chi connectivity index (χ0v) is 10.5. The highest BCUT2D eigenvalue weighted by Crippen LogP contribution is 2.19. The molecule has 2 aromatic rings. The van der Waals surface area contributed by atoms with Gasteiger partial charge in [0.25, 0.3) is 0 Å². The normalized spacial score (nSPS) is 11.3. The Morgan fingerprint density at radius 3 is 2.76 bits per heavy atom. The van der Waals surface area contributed by atoms with Crippen molar-refractivity contribution in [3.8, 4) is 0 Å². The number of hydrogen-bond acceptors (Lipinski definition) is 4. The van der Waals surface area contributed by atoms with Crippen LogP contribution in [0.3, 0.4) is 0 Å². The molecular formula is C11H18N6. The topological polar surface area (TPSA) is 74.5 Å². The Balaban J connectivity index is 2.23. The lowest BCUT2D eigenvalue weighted by Gasteiger charge is -2.08. The van der Waals surface area contributed by atoms with Gasteiger partial charge < -0.3 is 5.73 Å². The van der Waals surface area contributed by atoms with E-state index in [-0.39, 0.29) is 0 Å². The van der Waals surface area contributed by atoms with Gasteiger partial charge in [0.1, 0.15) is 0 Å². The van der Waals surface area contributed by atoms with Gasteiger partial charge in [-0.2, -0.15) is 5.10 Å². The van der Waals surface area contributed by atoms with Gasteiger partial charge in [0, 0.05) is 18.3 Å². The fraction of sp³-hybridized carbons (Fsp3) is 0.545. The van der Waals surface area contributed by atoms with Gasteiger partial charge in [0.05, 0.1) is 18.4 Å². The zero-order valence-electron chi connectivity index (χ0n) is 10.5. The summed E-state index contributed by atoms with van der Waals surface area (Å²) in [6, 6.07) is 0. The van der Waals surface area contributed by atoms with E-state index in [2.05, 4.69) is 36.2 Å². The van der Waals surface area contributed by atoms with E-state index in [0.29, 0.717) is 18.3 Å². The third-order valence-corrected chi connectivity index (χ3v) is 2.69. The molecule has 0 amide bonds. The molecule has 0 spiro atoms. The number of aryl methyl sites for hydroxylation is 1. The summed E-state index contributed by atoms with van der Waals surface area (Å²) in [6.07, 6.45) is 3.87. The van der Waals surface area contributed by atoms with Crippen molar-refractivity contribution in [1.29, 1.82) is 0 Å². The van der Waals surface area contributed by atoms with Crippen molar-refractivity contribution >= 4 is 5.82 Å². The summed E-state index contributed by atoms with van der Waals surface area (Å²) in [5.74, 6) is 0.828. The van der Waals surface area contributed by atoms with Crippen LogP contribution < -0.4 is 5.73 Å². The van der Waals surface area contributed by atoms with Crippen LogP contribution in [-0.4, -0.2) is 24.8 Å². The monoisotopic (exact) mass is 234 g/mol. The third kappa shape index (κ3) is 2.30. The number of nitrogen functional groups attached to an aromatic ring is 1. The lowest BCUT2D eigenvalue weighted by atomic mass is 10.1. The molecule has 6 nitrogen and oxygen atoms in total. The quantitative estimate of drug-likeness (QED) is 0.864. The van der Waals surface area contributed by atoms with Crippen molar-refractivity contribution in [2.24, 2.45) is 0 Å². The average Bonchev–Trinajstić information content (AvgIpc) is 2.86. The molecule has 0 saturated heterocycles. The highest BCUT2D eigenvalue weighted by Gasteiger charge is 2.14. The van der Waals surface area contributed by atoms with Crippen LogP contribution >= 0.6 is 0 Å². The second kappa shape index (κ2) is 4.57. The Morgan fingerprint density at radius 1 is 1.41 bits per heavy atom. The first-order valence-corrected chi connectivity index (χ1v) is 5.82. The van der Waals surface area contributed by atoms with Crippen molar-refractivity contribution in [2.75, 3.05) is 5.73 Å². The molecule has 17 heavy (non-hydrogen) atoms. The molecule has 2 heterocycles. The Morgan fingerprint density at radius 2 is 2.18 bits per heavy atom. The van der Waals surface area contributed by atoms with Crippen molar-refractivity contribution in [3.63, 3.8) is 0 Å². The summed E-state index contributed by atoms with van der Waals surface area (Å²) < 4.78 is 3.74. The molecule has 2 rings (SSSR count). The lowest BCUT2D eigenvalue weighted by molar-refractivity contribution is 0.596. The molecule has 0 unspecified atom stereocenters. The second-order valence-corrected chi connectivity index (χ2v) is 4.38. The summed E-state index contributed by atoms with van der Waals surface area (Å²) >= 11 is 0. The molecule has 0 bridgehead atoms. The van der Waals surface area contributed by atoms with Gasteiger partial charge in [0.2, 0.25) is 0 Å². The van der Waals surface area contributed by atoms with E-state index in [4.69, 9.17) is 5.73 Å². The number of rotatable bonds is 4. The van der Waals surface area contributed by atoms with Gasteiger partial charge in [-0.05, 0) is 12.8 Å². The van der Waals surface area contributed by atoms with E-state index >= 15 is 0 Å². The largest absolute Gasteiger partial charge is 0.381 e. The van der Waals surface area contributed by atoms with E-state index < -0.39 is 0 Å². The molecule has 0 aromatic carbocycles. The zero-order chi connectivity index (χ0) is 12.4. The minimum absolute atomic E-state index is 0.311. The van der Waals surface area contributed by atoms with Crippen LogP contribution in [0.4, 0.5) is 5.82 Å². The molecule has 0 fully saturated rings. The van der Waals surface area contributed by atoms with Gasteiger partial charge in [-0.25, -0.2) is 4.68 Å². The third-order valence-electron chi connectivity index (χ3n) is 2.69. The Bertz CT molecular complexity index is 496. The first-order valence-electron chi connectivity index (χ1n) is 5.82. The van der Waals surface area contributed by atoms with Crippen molar-refractivity contribution in [2.45, 2.75) is 39.8 Å². The first kappa shape index (κ1) is 11.6. The molecule has 0 atom stereocenters. The second-order valence-electron chi connectivity index (χ2n) is 4.38.